The van der Waals surface area contributed by atoms with Crippen LogP contribution in [0.4, 0.5) is 0 Å². The number of unbranched alkanes of at least 4 members (excludes halogenated alkanes) is 1. The van der Waals surface area contributed by atoms with Gasteiger partial charge in [-0.3, -0.25) is 9.59 Å². The summed E-state index contributed by atoms with van der Waals surface area (Å²) in [6, 6.07) is 18.9. The molecule has 0 radical (unpaired) electrons. The lowest BCUT2D eigenvalue weighted by molar-refractivity contribution is 0.0321. The molecule has 6 heteroatoms. The maximum Gasteiger partial charge on any atom is 0.193 e. The van der Waals surface area contributed by atoms with Gasteiger partial charge in [-0.1, -0.05) is 92.6 Å². The summed E-state index contributed by atoms with van der Waals surface area (Å²) in [5.41, 5.74) is 0.0176. The van der Waals surface area contributed by atoms with E-state index in [0.29, 0.717) is 18.4 Å². The molecule has 2 aromatic carbocycles. The first-order valence-electron chi connectivity index (χ1n) is 14.9. The molecule has 0 heterocycles. The van der Waals surface area contributed by atoms with Gasteiger partial charge in [0.05, 0.1) is 0 Å². The number of rotatable bonds is 17. The van der Waals surface area contributed by atoms with Gasteiger partial charge in [-0.05, 0) is 78.3 Å². The van der Waals surface area contributed by atoms with E-state index >= 15 is 0 Å². The number of hydrogen-bond acceptors (Lipinski definition) is 4. The maximum atomic E-state index is 13.2. The summed E-state index contributed by atoms with van der Waals surface area (Å²) in [6.45, 7) is 24.4. The van der Waals surface area contributed by atoms with Gasteiger partial charge in [0, 0.05) is 11.1 Å². The minimum absolute atomic E-state index is 0.0670. The van der Waals surface area contributed by atoms with Crippen molar-refractivity contribution in [1.29, 1.82) is 0 Å². The molecule has 2 unspecified atom stereocenters. The van der Waals surface area contributed by atoms with E-state index in [1.54, 1.807) is 0 Å². The lowest BCUT2D eigenvalue weighted by Crippen LogP contribution is -2.48. The van der Waals surface area contributed by atoms with Crippen molar-refractivity contribution in [3.63, 3.8) is 0 Å². The van der Waals surface area contributed by atoms with Crippen molar-refractivity contribution in [2.24, 2.45) is 0 Å². The molecule has 0 spiro atoms. The Balaban J connectivity index is 0.000000414. The minimum atomic E-state index is -1.84. The normalized spacial score (nSPS) is 14.5. The standard InChI is InChI=1S/C19H30O2Si.C16H24O2Si/c1-6-8-15-19(16-9-7-2,21-22(3,4)5)18(20)17-13-11-10-12-14-17;1-6-7-13-16(2,18-19(3,4)5)15(17)14-11-9-8-10-12-14/h6,10-14H,1,7-9,15-16H2,2-5H3;6,8-12H,1,7,13H2,2-5H3. The molecule has 2 aromatic rings. The molecule has 0 amide bonds. The van der Waals surface area contributed by atoms with Crippen LogP contribution in [0, 0.1) is 0 Å². The zero-order valence-corrected chi connectivity index (χ0v) is 28.9. The number of benzene rings is 2. The van der Waals surface area contributed by atoms with E-state index in [2.05, 4.69) is 59.4 Å². The third-order valence-corrected chi connectivity index (χ3v) is 8.58. The molecule has 0 aromatic heterocycles. The zero-order valence-electron chi connectivity index (χ0n) is 26.9. The monoisotopic (exact) mass is 594 g/mol. The van der Waals surface area contributed by atoms with E-state index in [1.165, 1.54) is 0 Å². The number of ketones is 2. The van der Waals surface area contributed by atoms with Gasteiger partial charge in [0.15, 0.2) is 28.2 Å². The van der Waals surface area contributed by atoms with E-state index in [9.17, 15) is 9.59 Å². The molecule has 0 aliphatic rings. The van der Waals surface area contributed by atoms with Crippen molar-refractivity contribution in [3.05, 3.63) is 97.1 Å². The second-order valence-electron chi connectivity index (χ2n) is 12.8. The molecular weight excluding hydrogens is 541 g/mol. The summed E-state index contributed by atoms with van der Waals surface area (Å²) < 4.78 is 12.7. The third-order valence-electron chi connectivity index (χ3n) is 6.51. The highest BCUT2D eigenvalue weighted by molar-refractivity contribution is 6.70. The fourth-order valence-electron chi connectivity index (χ4n) is 4.90. The number of allylic oxidation sites excluding steroid dienone is 2. The topological polar surface area (TPSA) is 52.6 Å². The second kappa shape index (κ2) is 16.9. The van der Waals surface area contributed by atoms with Gasteiger partial charge < -0.3 is 8.85 Å². The van der Waals surface area contributed by atoms with Crippen LogP contribution in [0.2, 0.25) is 39.3 Å². The minimum Gasteiger partial charge on any atom is -0.405 e. The summed E-state index contributed by atoms with van der Waals surface area (Å²) in [6.07, 6.45) is 9.54. The molecular formula is C35H54O4Si2. The van der Waals surface area contributed by atoms with Crippen LogP contribution in [0.5, 0.6) is 0 Å². The predicted octanol–water partition coefficient (Wildman–Crippen LogP) is 10.1. The molecule has 2 rings (SSSR count). The Morgan fingerprint density at radius 3 is 1.56 bits per heavy atom. The Morgan fingerprint density at radius 1 is 0.707 bits per heavy atom. The Kier molecular flexibility index (Phi) is 15.1. The summed E-state index contributed by atoms with van der Waals surface area (Å²) in [5, 5.41) is 0. The van der Waals surface area contributed by atoms with E-state index in [1.807, 2.05) is 79.7 Å². The van der Waals surface area contributed by atoms with Crippen molar-refractivity contribution >= 4 is 28.2 Å². The molecule has 0 N–H and O–H groups in total. The number of Topliss-reactive ketones (excluding diaryl/α,β-unsaturated/α-hetero) is 2. The molecule has 0 fully saturated rings. The number of carbonyl (C=O) groups excluding carboxylic acids is 2. The average Bonchev–Trinajstić information content (AvgIpc) is 2.92. The van der Waals surface area contributed by atoms with Gasteiger partial charge in [0.1, 0.15) is 11.2 Å². The van der Waals surface area contributed by atoms with Gasteiger partial charge in [-0.25, -0.2) is 0 Å². The molecule has 0 aliphatic carbocycles. The predicted molar refractivity (Wildman–Crippen MR) is 180 cm³/mol. The second-order valence-corrected chi connectivity index (χ2v) is 21.7. The lowest BCUT2D eigenvalue weighted by atomic mass is 9.84. The first-order valence-corrected chi connectivity index (χ1v) is 21.8. The van der Waals surface area contributed by atoms with Crippen molar-refractivity contribution in [2.45, 2.75) is 109 Å². The average molecular weight is 595 g/mol. The lowest BCUT2D eigenvalue weighted by Gasteiger charge is -2.38. The highest BCUT2D eigenvalue weighted by Crippen LogP contribution is 2.33. The summed E-state index contributed by atoms with van der Waals surface area (Å²) in [4.78, 5) is 25.9. The van der Waals surface area contributed by atoms with E-state index < -0.39 is 27.8 Å². The van der Waals surface area contributed by atoms with Crippen molar-refractivity contribution in [1.82, 2.24) is 0 Å². The first kappa shape index (κ1) is 36.6. The van der Waals surface area contributed by atoms with E-state index in [0.717, 1.165) is 37.7 Å². The summed E-state index contributed by atoms with van der Waals surface area (Å²) >= 11 is 0. The Morgan fingerprint density at radius 2 is 1.15 bits per heavy atom. The first-order chi connectivity index (χ1) is 19.1. The van der Waals surface area contributed by atoms with Crippen LogP contribution >= 0.6 is 0 Å². The SMILES string of the molecule is C=CCCC(C)(O[Si](C)(C)C)C(=O)c1ccccc1.C=CCCC(CCCC)(O[Si](C)(C)C)C(=O)c1ccccc1. The smallest absolute Gasteiger partial charge is 0.193 e. The van der Waals surface area contributed by atoms with Gasteiger partial charge >= 0.3 is 0 Å². The quantitative estimate of drug-likeness (QED) is 0.104. The van der Waals surface area contributed by atoms with Crippen LogP contribution in [0.15, 0.2) is 86.0 Å². The molecule has 2 atom stereocenters. The van der Waals surface area contributed by atoms with Crippen LogP contribution in [0.25, 0.3) is 0 Å². The van der Waals surface area contributed by atoms with E-state index in [-0.39, 0.29) is 11.6 Å². The van der Waals surface area contributed by atoms with Crippen LogP contribution in [0.1, 0.15) is 79.5 Å². The van der Waals surface area contributed by atoms with Crippen molar-refractivity contribution in [3.8, 4) is 0 Å². The molecule has 0 aliphatic heterocycles. The molecule has 4 nitrogen and oxygen atoms in total. The summed E-state index contributed by atoms with van der Waals surface area (Å²) in [5.74, 6) is 0.197. The fourth-order valence-corrected chi connectivity index (χ4v) is 7.91. The molecule has 226 valence electrons. The van der Waals surface area contributed by atoms with Gasteiger partial charge in [-0.2, -0.15) is 0 Å². The van der Waals surface area contributed by atoms with Crippen LogP contribution in [-0.4, -0.2) is 39.4 Å². The molecule has 41 heavy (non-hydrogen) atoms. The highest BCUT2D eigenvalue weighted by Gasteiger charge is 2.42. The summed E-state index contributed by atoms with van der Waals surface area (Å²) in [7, 11) is -3.64. The maximum absolute atomic E-state index is 13.2. The fraction of sp³-hybridized carbons (Fsp3) is 0.486. The van der Waals surface area contributed by atoms with E-state index in [4.69, 9.17) is 8.85 Å². The van der Waals surface area contributed by atoms with Crippen LogP contribution in [0.3, 0.4) is 0 Å². The third kappa shape index (κ3) is 13.0. The number of carbonyl (C=O) groups is 2. The zero-order chi connectivity index (χ0) is 31.2. The van der Waals surface area contributed by atoms with Gasteiger partial charge in [0.2, 0.25) is 0 Å². The largest absolute Gasteiger partial charge is 0.405 e. The highest BCUT2D eigenvalue weighted by atomic mass is 28.4. The Bertz CT molecular complexity index is 1090. The van der Waals surface area contributed by atoms with Crippen LogP contribution < -0.4 is 0 Å². The van der Waals surface area contributed by atoms with Crippen LogP contribution in [-0.2, 0) is 8.85 Å². The molecule has 0 bridgehead atoms. The number of hydrogen-bond donors (Lipinski definition) is 0. The van der Waals surface area contributed by atoms with Gasteiger partial charge in [-0.15, -0.1) is 13.2 Å². The van der Waals surface area contributed by atoms with Crippen molar-refractivity contribution < 1.29 is 18.4 Å². The van der Waals surface area contributed by atoms with Gasteiger partial charge in [0.25, 0.3) is 0 Å². The molecule has 0 saturated heterocycles. The van der Waals surface area contributed by atoms with Crippen molar-refractivity contribution in [2.75, 3.05) is 0 Å². The Labute approximate surface area is 252 Å². The molecule has 0 saturated carbocycles. The Hall–Kier alpha value is -2.39.